The lowest BCUT2D eigenvalue weighted by atomic mass is 10.1. The number of carbonyl (C=O) groups is 3. The number of aryl methyl sites for hydroxylation is 2. The fraction of sp³-hybridized carbons (Fsp3) is 0.435. The maximum absolute atomic E-state index is 12.5. The molecule has 1 aromatic carbocycles. The van der Waals surface area contributed by atoms with Gasteiger partial charge in [0, 0.05) is 11.7 Å². The van der Waals surface area contributed by atoms with Crippen molar-refractivity contribution >= 4 is 17.8 Å². The quantitative estimate of drug-likeness (QED) is 0.612. The fourth-order valence-electron chi connectivity index (χ4n) is 3.20. The van der Waals surface area contributed by atoms with Crippen LogP contribution in [-0.2, 0) is 20.7 Å². The minimum Gasteiger partial charge on any atom is -0.462 e. The van der Waals surface area contributed by atoms with E-state index in [9.17, 15) is 14.4 Å². The van der Waals surface area contributed by atoms with Gasteiger partial charge in [-0.25, -0.2) is 9.59 Å². The molecule has 0 radical (unpaired) electrons. The first-order valence-electron chi connectivity index (χ1n) is 10.2. The molecule has 2 N–H and O–H groups in total. The molecule has 7 nitrogen and oxygen atoms in total. The van der Waals surface area contributed by atoms with E-state index in [1.165, 1.54) is 12.5 Å². The molecule has 0 bridgehead atoms. The third-order valence-electron chi connectivity index (χ3n) is 4.87. The van der Waals surface area contributed by atoms with Gasteiger partial charge in [0.25, 0.3) is 5.91 Å². The van der Waals surface area contributed by atoms with Gasteiger partial charge in [0.1, 0.15) is 5.69 Å². The Kier molecular flexibility index (Phi) is 8.21. The largest absolute Gasteiger partial charge is 0.462 e. The molecule has 30 heavy (non-hydrogen) atoms. The Balaban J connectivity index is 1.92. The van der Waals surface area contributed by atoms with E-state index in [0.717, 1.165) is 12.8 Å². The minimum atomic E-state index is -0.967. The van der Waals surface area contributed by atoms with E-state index in [4.69, 9.17) is 9.47 Å². The van der Waals surface area contributed by atoms with Crippen LogP contribution in [0.15, 0.2) is 30.3 Å². The summed E-state index contributed by atoms with van der Waals surface area (Å²) in [6.07, 6.45) is 0.646. The molecule has 7 heteroatoms. The Morgan fingerprint density at radius 3 is 2.37 bits per heavy atom. The standard InChI is InChI=1S/C23H30N2O5/c1-6-29-22(27)19-15(3)20(25-16(19)4)23(28)30-17(5)21(26)24-14(2)12-13-18-10-8-7-9-11-18/h7-11,14,17,25H,6,12-13H2,1-5H3,(H,24,26)/t14-,17+/m1/s1. The van der Waals surface area contributed by atoms with Crippen molar-refractivity contribution < 1.29 is 23.9 Å². The van der Waals surface area contributed by atoms with Gasteiger partial charge in [-0.05, 0) is 58.6 Å². The zero-order valence-corrected chi connectivity index (χ0v) is 18.2. The van der Waals surface area contributed by atoms with Gasteiger partial charge < -0.3 is 19.8 Å². The highest BCUT2D eigenvalue weighted by Crippen LogP contribution is 2.20. The molecule has 1 heterocycles. The molecule has 2 rings (SSSR count). The van der Waals surface area contributed by atoms with Gasteiger partial charge >= 0.3 is 11.9 Å². The van der Waals surface area contributed by atoms with Gasteiger partial charge in [0.15, 0.2) is 6.10 Å². The van der Waals surface area contributed by atoms with E-state index in [0.29, 0.717) is 16.8 Å². The van der Waals surface area contributed by atoms with Crippen molar-refractivity contribution in [2.45, 2.75) is 59.6 Å². The maximum Gasteiger partial charge on any atom is 0.355 e. The summed E-state index contributed by atoms with van der Waals surface area (Å²) in [6, 6.07) is 9.96. The second-order valence-electron chi connectivity index (χ2n) is 7.33. The molecule has 0 spiro atoms. The molecule has 0 aliphatic rings. The first-order valence-corrected chi connectivity index (χ1v) is 10.2. The number of ether oxygens (including phenoxy) is 2. The molecule has 0 aliphatic heterocycles. The first-order chi connectivity index (χ1) is 14.2. The van der Waals surface area contributed by atoms with Crippen molar-refractivity contribution in [3.63, 3.8) is 0 Å². The third kappa shape index (κ3) is 5.95. The molecule has 1 aromatic heterocycles. The average Bonchev–Trinajstić information content (AvgIpc) is 3.01. The summed E-state index contributed by atoms with van der Waals surface area (Å²) in [7, 11) is 0. The smallest absolute Gasteiger partial charge is 0.355 e. The zero-order valence-electron chi connectivity index (χ0n) is 18.2. The molecular formula is C23H30N2O5. The maximum atomic E-state index is 12.5. The molecule has 1 amide bonds. The molecule has 0 unspecified atom stereocenters. The van der Waals surface area contributed by atoms with Crippen molar-refractivity contribution in [3.8, 4) is 0 Å². The number of nitrogens with one attached hydrogen (secondary N) is 2. The Bertz CT molecular complexity index is 888. The number of aromatic amines is 1. The minimum absolute atomic E-state index is 0.0660. The first kappa shape index (κ1) is 23.2. The van der Waals surface area contributed by atoms with Crippen molar-refractivity contribution in [3.05, 3.63) is 58.4 Å². The van der Waals surface area contributed by atoms with Crippen LogP contribution in [0, 0.1) is 13.8 Å². The Hall–Kier alpha value is -3.09. The molecule has 2 aromatic rings. The van der Waals surface area contributed by atoms with Crippen LogP contribution in [0.2, 0.25) is 0 Å². The predicted molar refractivity (Wildman–Crippen MR) is 113 cm³/mol. The number of amides is 1. The number of hydrogen-bond acceptors (Lipinski definition) is 5. The number of H-pyrrole nitrogens is 1. The summed E-state index contributed by atoms with van der Waals surface area (Å²) in [5.74, 6) is -1.55. The Morgan fingerprint density at radius 2 is 1.73 bits per heavy atom. The fourth-order valence-corrected chi connectivity index (χ4v) is 3.20. The lowest BCUT2D eigenvalue weighted by molar-refractivity contribution is -0.129. The van der Waals surface area contributed by atoms with Crippen LogP contribution in [-0.4, -0.2) is 41.6 Å². The van der Waals surface area contributed by atoms with E-state index < -0.39 is 18.0 Å². The normalized spacial score (nSPS) is 12.7. The van der Waals surface area contributed by atoms with Gasteiger partial charge in [0.2, 0.25) is 0 Å². The highest BCUT2D eigenvalue weighted by molar-refractivity contribution is 5.99. The van der Waals surface area contributed by atoms with Crippen LogP contribution in [0.25, 0.3) is 0 Å². The Labute approximate surface area is 177 Å². The monoisotopic (exact) mass is 414 g/mol. The topological polar surface area (TPSA) is 97.5 Å². The van der Waals surface area contributed by atoms with Crippen molar-refractivity contribution in [1.82, 2.24) is 10.3 Å². The average molecular weight is 415 g/mol. The molecule has 2 atom stereocenters. The number of benzene rings is 1. The van der Waals surface area contributed by atoms with E-state index in [1.54, 1.807) is 20.8 Å². The van der Waals surface area contributed by atoms with Crippen LogP contribution >= 0.6 is 0 Å². The van der Waals surface area contributed by atoms with E-state index in [2.05, 4.69) is 10.3 Å². The van der Waals surface area contributed by atoms with Gasteiger partial charge in [-0.1, -0.05) is 30.3 Å². The number of aromatic nitrogens is 1. The van der Waals surface area contributed by atoms with Gasteiger partial charge in [-0.3, -0.25) is 4.79 Å². The van der Waals surface area contributed by atoms with Crippen LogP contribution in [0.1, 0.15) is 64.9 Å². The number of carbonyl (C=O) groups excluding carboxylic acids is 3. The second-order valence-corrected chi connectivity index (χ2v) is 7.33. The molecule has 0 saturated carbocycles. The van der Waals surface area contributed by atoms with Crippen molar-refractivity contribution in [2.75, 3.05) is 6.61 Å². The summed E-state index contributed by atoms with van der Waals surface area (Å²) in [5, 5.41) is 2.87. The Morgan fingerprint density at radius 1 is 1.07 bits per heavy atom. The number of esters is 2. The van der Waals surface area contributed by atoms with Crippen LogP contribution in [0.5, 0.6) is 0 Å². The second kappa shape index (κ2) is 10.6. The summed E-state index contributed by atoms with van der Waals surface area (Å²) >= 11 is 0. The van der Waals surface area contributed by atoms with Crippen LogP contribution in [0.4, 0.5) is 0 Å². The highest BCUT2D eigenvalue weighted by Gasteiger charge is 2.26. The molecule has 162 valence electrons. The summed E-state index contributed by atoms with van der Waals surface area (Å²) < 4.78 is 10.3. The van der Waals surface area contributed by atoms with Crippen molar-refractivity contribution in [2.24, 2.45) is 0 Å². The van der Waals surface area contributed by atoms with Gasteiger partial charge in [-0.15, -0.1) is 0 Å². The lowest BCUT2D eigenvalue weighted by Crippen LogP contribution is -2.41. The summed E-state index contributed by atoms with van der Waals surface area (Å²) in [5.41, 5.74) is 2.63. The third-order valence-corrected chi connectivity index (χ3v) is 4.87. The van der Waals surface area contributed by atoms with E-state index in [-0.39, 0.29) is 24.2 Å². The highest BCUT2D eigenvalue weighted by atomic mass is 16.5. The van der Waals surface area contributed by atoms with E-state index >= 15 is 0 Å². The van der Waals surface area contributed by atoms with Crippen molar-refractivity contribution in [1.29, 1.82) is 0 Å². The molecule has 0 fully saturated rings. The summed E-state index contributed by atoms with van der Waals surface area (Å²) in [6.45, 7) is 8.71. The number of hydrogen-bond donors (Lipinski definition) is 2. The molecule has 0 saturated heterocycles. The SMILES string of the molecule is CCOC(=O)c1c(C)[nH]c(C(=O)O[C@@H](C)C(=O)N[C@H](C)CCc2ccccc2)c1C. The molecule has 0 aliphatic carbocycles. The lowest BCUT2D eigenvalue weighted by Gasteiger charge is -2.18. The van der Waals surface area contributed by atoms with Crippen LogP contribution in [0.3, 0.4) is 0 Å². The number of rotatable bonds is 9. The predicted octanol–water partition coefficient (Wildman–Crippen LogP) is 3.49. The molecular weight excluding hydrogens is 384 g/mol. The van der Waals surface area contributed by atoms with E-state index in [1.807, 2.05) is 37.3 Å². The summed E-state index contributed by atoms with van der Waals surface area (Å²) in [4.78, 5) is 39.9. The van der Waals surface area contributed by atoms with Gasteiger partial charge in [0.05, 0.1) is 12.2 Å². The zero-order chi connectivity index (χ0) is 22.3. The van der Waals surface area contributed by atoms with Crippen LogP contribution < -0.4 is 5.32 Å². The van der Waals surface area contributed by atoms with Gasteiger partial charge in [-0.2, -0.15) is 0 Å².